The number of amides is 1. The van der Waals surface area contributed by atoms with Crippen molar-refractivity contribution in [2.75, 3.05) is 19.7 Å². The van der Waals surface area contributed by atoms with Gasteiger partial charge in [-0.05, 0) is 29.8 Å². The molecule has 1 amide bonds. The predicted molar refractivity (Wildman–Crippen MR) is 111 cm³/mol. The van der Waals surface area contributed by atoms with Crippen molar-refractivity contribution < 1.29 is 14.4 Å². The minimum Gasteiger partial charge on any atom is -0.488 e. The monoisotopic (exact) mass is 395 g/mol. The highest BCUT2D eigenvalue weighted by Gasteiger charge is 2.26. The third-order valence-corrected chi connectivity index (χ3v) is 5.42. The summed E-state index contributed by atoms with van der Waals surface area (Å²) in [5.41, 5.74) is 3.23. The lowest BCUT2D eigenvalue weighted by atomic mass is 10.1. The summed E-state index contributed by atoms with van der Waals surface area (Å²) >= 11 is 6.04. The van der Waals surface area contributed by atoms with Crippen LogP contribution in [0, 0.1) is 0 Å². The largest absolute Gasteiger partial charge is 0.488 e. The Bertz CT molecular complexity index is 908. The van der Waals surface area contributed by atoms with Crippen LogP contribution in [0.2, 0.25) is 5.02 Å². The fraction of sp³-hybridized carbons (Fsp3) is 0.261. The highest BCUT2D eigenvalue weighted by molar-refractivity contribution is 6.30. The predicted octanol–water partition coefficient (Wildman–Crippen LogP) is 2.65. The normalized spacial score (nSPS) is 21.1. The van der Waals surface area contributed by atoms with Crippen LogP contribution in [0.15, 0.2) is 66.3 Å². The minimum atomic E-state index is -0.0521. The van der Waals surface area contributed by atoms with E-state index < -0.39 is 0 Å². The molecule has 0 bridgehead atoms. The van der Waals surface area contributed by atoms with Crippen molar-refractivity contribution >= 4 is 23.6 Å². The number of benzene rings is 2. The first-order valence-corrected chi connectivity index (χ1v) is 10.0. The molecular formula is C23H24ClN2O2+. The van der Waals surface area contributed by atoms with E-state index >= 15 is 0 Å². The van der Waals surface area contributed by atoms with Crippen molar-refractivity contribution in [1.29, 1.82) is 0 Å². The standard InChI is InChI=1S/C23H23ClN2O2/c24-20-7-8-22-19(13-20)12-18(16-28-22)6-9-23(27)25-21-10-11-26(15-21)14-17-4-2-1-3-5-17/h1-9,12-13,21H,10-11,14-16H2,(H,25,27)/p+1/b9-6+/t21-/m0/s1. The molecule has 2 heterocycles. The second kappa shape index (κ2) is 8.63. The first-order chi connectivity index (χ1) is 13.7. The van der Waals surface area contributed by atoms with Gasteiger partial charge in [-0.3, -0.25) is 4.79 Å². The van der Waals surface area contributed by atoms with E-state index in [1.165, 1.54) is 10.5 Å². The minimum absolute atomic E-state index is 0.0521. The van der Waals surface area contributed by atoms with Gasteiger partial charge in [-0.25, -0.2) is 0 Å². The smallest absolute Gasteiger partial charge is 0.244 e. The molecule has 0 aromatic heterocycles. The van der Waals surface area contributed by atoms with Crippen LogP contribution in [0.4, 0.5) is 0 Å². The van der Waals surface area contributed by atoms with Gasteiger partial charge in [-0.2, -0.15) is 0 Å². The molecule has 1 fully saturated rings. The Morgan fingerprint density at radius 1 is 1.25 bits per heavy atom. The van der Waals surface area contributed by atoms with Gasteiger partial charge in [0, 0.05) is 28.6 Å². The maximum atomic E-state index is 12.3. The molecule has 1 saturated heterocycles. The molecular weight excluding hydrogens is 372 g/mol. The van der Waals surface area contributed by atoms with Crippen LogP contribution >= 0.6 is 11.6 Å². The Hall–Kier alpha value is -2.56. The van der Waals surface area contributed by atoms with Gasteiger partial charge in [-0.15, -0.1) is 0 Å². The lowest BCUT2D eigenvalue weighted by molar-refractivity contribution is -0.901. The average Bonchev–Trinajstić information content (AvgIpc) is 3.13. The quantitative estimate of drug-likeness (QED) is 0.764. The Morgan fingerprint density at radius 3 is 2.96 bits per heavy atom. The van der Waals surface area contributed by atoms with E-state index in [0.29, 0.717) is 11.6 Å². The summed E-state index contributed by atoms with van der Waals surface area (Å²) in [6.07, 6.45) is 6.44. The topological polar surface area (TPSA) is 42.8 Å². The molecule has 2 aromatic rings. The fourth-order valence-corrected chi connectivity index (χ4v) is 3.97. The lowest BCUT2D eigenvalue weighted by Gasteiger charge is -2.16. The SMILES string of the molecule is O=C(/C=C/C1=Cc2cc(Cl)ccc2OC1)N[C@H]1CC[NH+](Cc2ccccc2)C1. The van der Waals surface area contributed by atoms with Crippen molar-refractivity contribution in [1.82, 2.24) is 5.32 Å². The second-order valence-corrected chi connectivity index (χ2v) is 7.82. The van der Waals surface area contributed by atoms with Crippen LogP contribution in [-0.2, 0) is 11.3 Å². The molecule has 4 nitrogen and oxygen atoms in total. The van der Waals surface area contributed by atoms with Crippen LogP contribution < -0.4 is 15.0 Å². The Morgan fingerprint density at radius 2 is 2.11 bits per heavy atom. The molecule has 0 saturated carbocycles. The first-order valence-electron chi connectivity index (χ1n) is 9.65. The number of carbonyl (C=O) groups is 1. The first kappa shape index (κ1) is 18.8. The molecule has 28 heavy (non-hydrogen) atoms. The molecule has 1 unspecified atom stereocenters. The van der Waals surface area contributed by atoms with Gasteiger partial charge in [0.1, 0.15) is 18.9 Å². The van der Waals surface area contributed by atoms with Crippen molar-refractivity contribution in [2.24, 2.45) is 0 Å². The molecule has 0 aliphatic carbocycles. The summed E-state index contributed by atoms with van der Waals surface area (Å²) in [6.45, 7) is 3.51. The maximum Gasteiger partial charge on any atom is 0.244 e. The van der Waals surface area contributed by atoms with Crippen LogP contribution in [0.25, 0.3) is 6.08 Å². The number of likely N-dealkylation sites (tertiary alicyclic amines) is 1. The third-order valence-electron chi connectivity index (χ3n) is 5.18. The van der Waals surface area contributed by atoms with E-state index in [1.54, 1.807) is 6.08 Å². The van der Waals surface area contributed by atoms with Gasteiger partial charge >= 0.3 is 0 Å². The number of carbonyl (C=O) groups excluding carboxylic acids is 1. The highest BCUT2D eigenvalue weighted by Crippen LogP contribution is 2.29. The Balaban J connectivity index is 1.29. The molecule has 5 heteroatoms. The van der Waals surface area contributed by atoms with Gasteiger partial charge in [0.05, 0.1) is 19.1 Å². The molecule has 2 N–H and O–H groups in total. The molecule has 2 aliphatic rings. The molecule has 2 aliphatic heterocycles. The molecule has 0 spiro atoms. The zero-order chi connectivity index (χ0) is 19.3. The number of hydrogen-bond acceptors (Lipinski definition) is 2. The number of hydrogen-bond donors (Lipinski definition) is 2. The van der Waals surface area contributed by atoms with E-state index in [-0.39, 0.29) is 11.9 Å². The van der Waals surface area contributed by atoms with Gasteiger partial charge in [0.25, 0.3) is 0 Å². The van der Waals surface area contributed by atoms with Crippen LogP contribution in [-0.4, -0.2) is 31.6 Å². The van der Waals surface area contributed by atoms with Crippen molar-refractivity contribution in [2.45, 2.75) is 19.0 Å². The highest BCUT2D eigenvalue weighted by atomic mass is 35.5. The zero-order valence-electron chi connectivity index (χ0n) is 15.7. The molecule has 2 aromatic carbocycles. The second-order valence-electron chi connectivity index (χ2n) is 7.38. The third kappa shape index (κ3) is 4.83. The lowest BCUT2D eigenvalue weighted by Crippen LogP contribution is -3.09. The number of ether oxygens (including phenoxy) is 1. The molecule has 0 radical (unpaired) electrons. The molecule has 4 rings (SSSR count). The van der Waals surface area contributed by atoms with E-state index in [4.69, 9.17) is 16.3 Å². The van der Waals surface area contributed by atoms with Crippen molar-refractivity contribution in [3.8, 4) is 5.75 Å². The van der Waals surface area contributed by atoms with Gasteiger partial charge in [0.2, 0.25) is 5.91 Å². The zero-order valence-corrected chi connectivity index (χ0v) is 16.4. The van der Waals surface area contributed by atoms with Gasteiger partial charge in [0.15, 0.2) is 0 Å². The average molecular weight is 396 g/mol. The van der Waals surface area contributed by atoms with Gasteiger partial charge < -0.3 is 15.0 Å². The molecule has 144 valence electrons. The maximum absolute atomic E-state index is 12.3. The van der Waals surface area contributed by atoms with Crippen LogP contribution in [0.5, 0.6) is 5.75 Å². The van der Waals surface area contributed by atoms with Crippen LogP contribution in [0.1, 0.15) is 17.5 Å². The number of halogens is 1. The van der Waals surface area contributed by atoms with Crippen molar-refractivity contribution in [3.63, 3.8) is 0 Å². The fourth-order valence-electron chi connectivity index (χ4n) is 3.79. The Labute approximate surface area is 170 Å². The van der Waals surface area contributed by atoms with Crippen molar-refractivity contribution in [3.05, 3.63) is 82.4 Å². The summed E-state index contributed by atoms with van der Waals surface area (Å²) in [4.78, 5) is 13.8. The summed E-state index contributed by atoms with van der Waals surface area (Å²) in [7, 11) is 0. The molecule has 2 atom stereocenters. The van der Waals surface area contributed by atoms with E-state index in [2.05, 4.69) is 29.6 Å². The Kier molecular flexibility index (Phi) is 5.79. The van der Waals surface area contributed by atoms with E-state index in [1.807, 2.05) is 36.4 Å². The van der Waals surface area contributed by atoms with E-state index in [0.717, 1.165) is 42.9 Å². The van der Waals surface area contributed by atoms with Gasteiger partial charge in [-0.1, -0.05) is 48.0 Å². The summed E-state index contributed by atoms with van der Waals surface area (Å²) in [6, 6.07) is 16.3. The number of nitrogens with one attached hydrogen (secondary N) is 2. The summed E-state index contributed by atoms with van der Waals surface area (Å²) < 4.78 is 5.71. The number of rotatable bonds is 5. The number of fused-ring (bicyclic) bond motifs is 1. The summed E-state index contributed by atoms with van der Waals surface area (Å²) in [5, 5.41) is 3.80. The van der Waals surface area contributed by atoms with Crippen LogP contribution in [0.3, 0.4) is 0 Å². The summed E-state index contributed by atoms with van der Waals surface area (Å²) in [5.74, 6) is 0.766. The number of quaternary nitrogens is 1. The van der Waals surface area contributed by atoms with E-state index in [9.17, 15) is 4.79 Å².